The number of benzene rings is 3. The molecule has 3 aromatic carbocycles. The van der Waals surface area contributed by atoms with Gasteiger partial charge in [0.05, 0.1) is 7.11 Å². The summed E-state index contributed by atoms with van der Waals surface area (Å²) in [5.41, 5.74) is 7.78. The number of rotatable bonds is 7. The molecule has 0 saturated heterocycles. The highest BCUT2D eigenvalue weighted by atomic mass is 35.5. The predicted octanol–water partition coefficient (Wildman–Crippen LogP) is 5.79. The second kappa shape index (κ2) is 11.7. The highest BCUT2D eigenvalue weighted by Gasteiger charge is 2.32. The number of halogens is 3. The van der Waals surface area contributed by atoms with Crippen LogP contribution in [0.1, 0.15) is 52.0 Å². The van der Waals surface area contributed by atoms with Crippen molar-refractivity contribution in [1.29, 1.82) is 0 Å². The first-order valence-corrected chi connectivity index (χ1v) is 12.4. The molecular formula is C28H28ClF2N3O3. The van der Waals surface area contributed by atoms with E-state index < -0.39 is 17.5 Å². The Morgan fingerprint density at radius 1 is 1.00 bits per heavy atom. The largest absolute Gasteiger partial charge is 0.497 e. The molecule has 1 saturated carbocycles. The first-order chi connectivity index (χ1) is 17.7. The first kappa shape index (κ1) is 26.6. The topological polar surface area (TPSA) is 84.7 Å². The molecule has 6 nitrogen and oxygen atoms in total. The molecule has 4 rings (SSSR count). The maximum absolute atomic E-state index is 13.9. The van der Waals surface area contributed by atoms with Crippen LogP contribution in [0.2, 0.25) is 5.02 Å². The summed E-state index contributed by atoms with van der Waals surface area (Å²) in [4.78, 5) is 27.8. The molecule has 1 aliphatic carbocycles. The first-order valence-electron chi connectivity index (χ1n) is 12.0. The summed E-state index contributed by atoms with van der Waals surface area (Å²) in [6.45, 7) is 0.0560. The van der Waals surface area contributed by atoms with Crippen molar-refractivity contribution in [3.05, 3.63) is 94.0 Å². The standard InChI is InChI=1S/C28H28ClF2N3O3/c1-37-23-9-6-17(7-10-23)27(35)33-22-8-11-24(29)19(14-22)16-34(26-5-3-2-4-25(26)32)28(36)18-12-20(30)15-21(31)13-18/h6-15,25-26H,2-5,16,32H2,1H3,(H,33,35). The van der Waals surface area contributed by atoms with Crippen molar-refractivity contribution in [1.82, 2.24) is 4.90 Å². The molecule has 0 radical (unpaired) electrons. The fraction of sp³-hybridized carbons (Fsp3) is 0.286. The van der Waals surface area contributed by atoms with Crippen LogP contribution < -0.4 is 15.8 Å². The fourth-order valence-electron chi connectivity index (χ4n) is 4.61. The molecule has 1 fully saturated rings. The molecule has 2 atom stereocenters. The maximum Gasteiger partial charge on any atom is 0.255 e. The van der Waals surface area contributed by atoms with E-state index >= 15 is 0 Å². The number of amides is 2. The van der Waals surface area contributed by atoms with Gasteiger partial charge >= 0.3 is 0 Å². The zero-order chi connectivity index (χ0) is 26.5. The number of ether oxygens (including phenoxy) is 1. The normalized spacial score (nSPS) is 17.2. The molecule has 2 amide bonds. The lowest BCUT2D eigenvalue weighted by Crippen LogP contribution is -2.51. The highest BCUT2D eigenvalue weighted by molar-refractivity contribution is 6.31. The Kier molecular flexibility index (Phi) is 8.41. The molecule has 3 aromatic rings. The lowest BCUT2D eigenvalue weighted by atomic mass is 9.89. The molecule has 37 heavy (non-hydrogen) atoms. The Morgan fingerprint density at radius 3 is 2.32 bits per heavy atom. The third kappa shape index (κ3) is 6.45. The van der Waals surface area contributed by atoms with Crippen molar-refractivity contribution in [2.24, 2.45) is 5.73 Å². The lowest BCUT2D eigenvalue weighted by Gasteiger charge is -2.38. The van der Waals surface area contributed by atoms with Gasteiger partial charge in [0.1, 0.15) is 17.4 Å². The molecule has 0 aliphatic heterocycles. The van der Waals surface area contributed by atoms with Gasteiger partial charge in [-0.2, -0.15) is 0 Å². The van der Waals surface area contributed by atoms with Crippen molar-refractivity contribution in [2.75, 3.05) is 12.4 Å². The molecule has 194 valence electrons. The zero-order valence-electron chi connectivity index (χ0n) is 20.3. The van der Waals surface area contributed by atoms with Gasteiger partial charge in [0.2, 0.25) is 0 Å². The smallest absolute Gasteiger partial charge is 0.255 e. The summed E-state index contributed by atoms with van der Waals surface area (Å²) in [6, 6.07) is 13.8. The molecule has 0 bridgehead atoms. The van der Waals surface area contributed by atoms with Gasteiger partial charge in [0, 0.05) is 46.5 Å². The number of nitrogens with zero attached hydrogens (tertiary/aromatic N) is 1. The maximum atomic E-state index is 13.9. The van der Waals surface area contributed by atoms with Gasteiger partial charge in [-0.25, -0.2) is 8.78 Å². The lowest BCUT2D eigenvalue weighted by molar-refractivity contribution is 0.0582. The van der Waals surface area contributed by atoms with E-state index in [4.69, 9.17) is 22.1 Å². The Bertz CT molecular complexity index is 1270. The van der Waals surface area contributed by atoms with Crippen LogP contribution in [-0.4, -0.2) is 35.9 Å². The summed E-state index contributed by atoms with van der Waals surface area (Å²) in [6.07, 6.45) is 3.22. The van der Waals surface area contributed by atoms with Gasteiger partial charge in [-0.15, -0.1) is 0 Å². The summed E-state index contributed by atoms with van der Waals surface area (Å²) < 4.78 is 33.0. The van der Waals surface area contributed by atoms with Crippen LogP contribution in [0.15, 0.2) is 60.7 Å². The second-order valence-electron chi connectivity index (χ2n) is 9.10. The number of hydrogen-bond acceptors (Lipinski definition) is 4. The number of hydrogen-bond donors (Lipinski definition) is 2. The van der Waals surface area contributed by atoms with E-state index in [2.05, 4.69) is 5.32 Å². The van der Waals surface area contributed by atoms with E-state index in [1.807, 2.05) is 0 Å². The average molecular weight is 528 g/mol. The van der Waals surface area contributed by atoms with Crippen molar-refractivity contribution in [3.63, 3.8) is 0 Å². The number of methoxy groups -OCH3 is 1. The van der Waals surface area contributed by atoms with Crippen LogP contribution in [0.25, 0.3) is 0 Å². The predicted molar refractivity (Wildman–Crippen MR) is 139 cm³/mol. The van der Waals surface area contributed by atoms with Crippen molar-refractivity contribution in [3.8, 4) is 5.75 Å². The third-order valence-corrected chi connectivity index (χ3v) is 6.92. The fourth-order valence-corrected chi connectivity index (χ4v) is 4.79. The van der Waals surface area contributed by atoms with Crippen molar-refractivity contribution < 1.29 is 23.1 Å². The molecule has 0 aromatic heterocycles. The van der Waals surface area contributed by atoms with Gasteiger partial charge in [-0.3, -0.25) is 9.59 Å². The molecule has 9 heteroatoms. The van der Waals surface area contributed by atoms with E-state index in [-0.39, 0.29) is 30.1 Å². The van der Waals surface area contributed by atoms with E-state index in [0.29, 0.717) is 34.0 Å². The van der Waals surface area contributed by atoms with Gasteiger partial charge in [0.25, 0.3) is 11.8 Å². The molecular weight excluding hydrogens is 500 g/mol. The van der Waals surface area contributed by atoms with Crippen molar-refractivity contribution in [2.45, 2.75) is 44.3 Å². The minimum atomic E-state index is -0.836. The van der Waals surface area contributed by atoms with Gasteiger partial charge in [-0.1, -0.05) is 24.4 Å². The summed E-state index contributed by atoms with van der Waals surface area (Å²) in [5, 5.41) is 3.22. The summed E-state index contributed by atoms with van der Waals surface area (Å²) in [7, 11) is 1.54. The highest BCUT2D eigenvalue weighted by Crippen LogP contribution is 2.29. The van der Waals surface area contributed by atoms with Gasteiger partial charge < -0.3 is 20.7 Å². The van der Waals surface area contributed by atoms with Gasteiger partial charge in [-0.05, 0) is 73.0 Å². The van der Waals surface area contributed by atoms with Crippen LogP contribution in [0.5, 0.6) is 5.75 Å². The Morgan fingerprint density at radius 2 is 1.68 bits per heavy atom. The third-order valence-electron chi connectivity index (χ3n) is 6.55. The van der Waals surface area contributed by atoms with E-state index in [1.54, 1.807) is 49.6 Å². The Hall–Kier alpha value is -3.49. The summed E-state index contributed by atoms with van der Waals surface area (Å²) in [5.74, 6) is -1.90. The zero-order valence-corrected chi connectivity index (χ0v) is 21.1. The number of anilines is 1. The van der Waals surface area contributed by atoms with Crippen LogP contribution in [0.4, 0.5) is 14.5 Å². The van der Waals surface area contributed by atoms with Gasteiger partial charge in [0.15, 0.2) is 0 Å². The molecule has 0 spiro atoms. The molecule has 1 aliphatic rings. The average Bonchev–Trinajstić information content (AvgIpc) is 2.88. The Labute approximate surface area is 219 Å². The van der Waals surface area contributed by atoms with Crippen LogP contribution in [0.3, 0.4) is 0 Å². The summed E-state index contributed by atoms with van der Waals surface area (Å²) >= 11 is 6.49. The number of carbonyl (C=O) groups excluding carboxylic acids is 2. The number of carbonyl (C=O) groups is 2. The number of nitrogens with two attached hydrogens (primary N) is 1. The van der Waals surface area contributed by atoms with E-state index in [1.165, 1.54) is 4.90 Å². The van der Waals surface area contributed by atoms with Crippen LogP contribution in [-0.2, 0) is 6.54 Å². The van der Waals surface area contributed by atoms with Crippen molar-refractivity contribution >= 4 is 29.1 Å². The molecule has 0 heterocycles. The monoisotopic (exact) mass is 527 g/mol. The quantitative estimate of drug-likeness (QED) is 0.407. The SMILES string of the molecule is COc1ccc(C(=O)Nc2ccc(Cl)c(CN(C(=O)c3cc(F)cc(F)c3)C3CCCCC3N)c2)cc1. The second-order valence-corrected chi connectivity index (χ2v) is 9.50. The molecule has 2 unspecified atom stereocenters. The van der Waals surface area contributed by atoms with Crippen LogP contribution >= 0.6 is 11.6 Å². The van der Waals surface area contributed by atoms with Crippen LogP contribution in [0, 0.1) is 11.6 Å². The number of nitrogens with one attached hydrogen (secondary N) is 1. The van der Waals surface area contributed by atoms with E-state index in [9.17, 15) is 18.4 Å². The minimum absolute atomic E-state index is 0.0560. The minimum Gasteiger partial charge on any atom is -0.497 e. The van der Waals surface area contributed by atoms with E-state index in [0.717, 1.165) is 37.5 Å². The Balaban J connectivity index is 1.61. The molecule has 3 N–H and O–H groups in total.